The fourth-order valence-corrected chi connectivity index (χ4v) is 4.58. The Balaban J connectivity index is 0.00000267. The van der Waals surface area contributed by atoms with Crippen LogP contribution in [0.5, 0.6) is 0 Å². The van der Waals surface area contributed by atoms with Crippen molar-refractivity contribution in [1.29, 1.82) is 0 Å². The SMILES string of the molecule is O=C(NC(CC=Cc1ccc(N(Cc2cscn2)c2ncccn2)cc1)C(=O)O)c1c(Cl)cccc1Cl.[H-].[Na+]. The molecule has 2 N–H and O–H groups in total. The summed E-state index contributed by atoms with van der Waals surface area (Å²) in [5.74, 6) is -1.27. The molecule has 38 heavy (non-hydrogen) atoms. The number of nitrogens with one attached hydrogen (secondary N) is 1. The Morgan fingerprint density at radius 1 is 1.05 bits per heavy atom. The number of carboxylic acids is 1. The average molecular weight is 578 g/mol. The Morgan fingerprint density at radius 2 is 1.74 bits per heavy atom. The summed E-state index contributed by atoms with van der Waals surface area (Å²) in [4.78, 5) is 39.4. The fourth-order valence-electron chi connectivity index (χ4n) is 3.46. The van der Waals surface area contributed by atoms with Gasteiger partial charge >= 0.3 is 35.5 Å². The van der Waals surface area contributed by atoms with Crippen LogP contribution in [-0.4, -0.2) is 38.0 Å². The molecule has 0 saturated carbocycles. The molecule has 8 nitrogen and oxygen atoms in total. The summed E-state index contributed by atoms with van der Waals surface area (Å²) in [6, 6.07) is 12.9. The number of aromatic nitrogens is 3. The van der Waals surface area contributed by atoms with E-state index in [4.69, 9.17) is 23.2 Å². The van der Waals surface area contributed by atoms with Gasteiger partial charge in [0.1, 0.15) is 6.04 Å². The summed E-state index contributed by atoms with van der Waals surface area (Å²) in [6.07, 6.45) is 6.92. The van der Waals surface area contributed by atoms with Crippen LogP contribution in [-0.2, 0) is 11.3 Å². The van der Waals surface area contributed by atoms with E-state index in [1.807, 2.05) is 34.5 Å². The number of rotatable bonds is 10. The summed E-state index contributed by atoms with van der Waals surface area (Å²) in [5.41, 5.74) is 4.46. The molecular weight excluding hydrogens is 556 g/mol. The molecule has 0 saturated heterocycles. The van der Waals surface area contributed by atoms with Gasteiger partial charge in [-0.2, -0.15) is 0 Å². The van der Waals surface area contributed by atoms with E-state index >= 15 is 0 Å². The maximum Gasteiger partial charge on any atom is 1.00 e. The van der Waals surface area contributed by atoms with Gasteiger partial charge in [0.25, 0.3) is 5.91 Å². The van der Waals surface area contributed by atoms with Crippen molar-refractivity contribution in [2.45, 2.75) is 19.0 Å². The first-order valence-electron chi connectivity index (χ1n) is 11.1. The molecule has 2 aromatic carbocycles. The Kier molecular flexibility index (Phi) is 11.3. The minimum absolute atomic E-state index is 0. The predicted molar refractivity (Wildman–Crippen MR) is 147 cm³/mol. The summed E-state index contributed by atoms with van der Waals surface area (Å²) >= 11 is 13.7. The van der Waals surface area contributed by atoms with Gasteiger partial charge in [-0.05, 0) is 42.3 Å². The molecule has 2 heterocycles. The van der Waals surface area contributed by atoms with Crippen LogP contribution in [0.1, 0.15) is 29.5 Å². The molecule has 0 bridgehead atoms. The van der Waals surface area contributed by atoms with Crippen molar-refractivity contribution in [1.82, 2.24) is 20.3 Å². The largest absolute Gasteiger partial charge is 1.00 e. The van der Waals surface area contributed by atoms with Crippen molar-refractivity contribution >= 4 is 64.1 Å². The number of amides is 1. The van der Waals surface area contributed by atoms with E-state index in [2.05, 4.69) is 20.3 Å². The molecule has 4 aromatic rings. The van der Waals surface area contributed by atoms with Crippen molar-refractivity contribution in [2.75, 3.05) is 4.90 Å². The van der Waals surface area contributed by atoms with Gasteiger partial charge in [-0.25, -0.2) is 19.7 Å². The molecule has 0 aliphatic heterocycles. The second kappa shape index (κ2) is 14.4. The number of hydrogen-bond acceptors (Lipinski definition) is 7. The maximum absolute atomic E-state index is 12.6. The van der Waals surface area contributed by atoms with Gasteiger partial charge in [0.05, 0.1) is 33.4 Å². The van der Waals surface area contributed by atoms with E-state index < -0.39 is 17.9 Å². The molecule has 0 radical (unpaired) electrons. The number of carboxylic acid groups (broad SMARTS) is 1. The Labute approximate surface area is 257 Å². The molecule has 0 aliphatic carbocycles. The van der Waals surface area contributed by atoms with E-state index in [9.17, 15) is 14.7 Å². The second-order valence-electron chi connectivity index (χ2n) is 7.81. The molecule has 1 amide bonds. The topological polar surface area (TPSA) is 108 Å². The van der Waals surface area contributed by atoms with Crippen LogP contribution in [0.3, 0.4) is 0 Å². The Morgan fingerprint density at radius 3 is 2.34 bits per heavy atom. The summed E-state index contributed by atoms with van der Waals surface area (Å²) in [7, 11) is 0. The van der Waals surface area contributed by atoms with E-state index in [-0.39, 0.29) is 53.0 Å². The van der Waals surface area contributed by atoms with E-state index in [0.717, 1.165) is 16.9 Å². The van der Waals surface area contributed by atoms with Gasteiger partial charge in [0.2, 0.25) is 5.95 Å². The van der Waals surface area contributed by atoms with Crippen molar-refractivity contribution < 1.29 is 45.7 Å². The standard InChI is InChI=1S/C26H21Cl2N5O3S.Na.H/c27-20-5-2-6-21(28)23(20)24(34)32-22(25(35)36)7-1-4-17-8-10-19(11-9-17)33(14-18-15-37-16-31-18)26-29-12-3-13-30-26;;/h1-6,8-13,15-16,22H,7,14H2,(H,32,34)(H,35,36);;/q;+1;-1. The molecule has 4 rings (SSSR count). The first-order valence-corrected chi connectivity index (χ1v) is 12.8. The maximum atomic E-state index is 12.6. The third-order valence-electron chi connectivity index (χ3n) is 5.28. The molecule has 1 atom stereocenters. The van der Waals surface area contributed by atoms with Crippen LogP contribution in [0.15, 0.2) is 77.9 Å². The van der Waals surface area contributed by atoms with Gasteiger partial charge in [-0.1, -0.05) is 53.6 Å². The molecule has 190 valence electrons. The third kappa shape index (κ3) is 7.86. The minimum atomic E-state index is -1.17. The average Bonchev–Trinajstić information content (AvgIpc) is 3.41. The molecule has 12 heteroatoms. The summed E-state index contributed by atoms with van der Waals surface area (Å²) < 4.78 is 0. The van der Waals surface area contributed by atoms with Crippen LogP contribution in [0.25, 0.3) is 6.08 Å². The van der Waals surface area contributed by atoms with Crippen molar-refractivity contribution in [3.05, 3.63) is 105 Å². The van der Waals surface area contributed by atoms with Crippen molar-refractivity contribution in [3.63, 3.8) is 0 Å². The predicted octanol–water partition coefficient (Wildman–Crippen LogP) is 2.98. The van der Waals surface area contributed by atoms with Crippen LogP contribution >= 0.6 is 34.5 Å². The van der Waals surface area contributed by atoms with Crippen molar-refractivity contribution in [2.24, 2.45) is 0 Å². The number of hydrogen-bond donors (Lipinski definition) is 2. The Hall–Kier alpha value is -2.79. The van der Waals surface area contributed by atoms with Gasteiger partial charge in [-0.3, -0.25) is 4.79 Å². The number of carbonyl (C=O) groups excluding carboxylic acids is 1. The molecule has 1 unspecified atom stereocenters. The number of halogens is 2. The monoisotopic (exact) mass is 577 g/mol. The number of aliphatic carboxylic acids is 1. The van der Waals surface area contributed by atoms with Gasteiger partial charge in [0.15, 0.2) is 0 Å². The van der Waals surface area contributed by atoms with Crippen LogP contribution in [0, 0.1) is 0 Å². The Bertz CT molecular complexity index is 1380. The van der Waals surface area contributed by atoms with Crippen LogP contribution < -0.4 is 39.8 Å². The molecule has 0 aliphatic rings. The molecule has 2 aromatic heterocycles. The second-order valence-corrected chi connectivity index (χ2v) is 9.34. The van der Waals surface area contributed by atoms with E-state index in [0.29, 0.717) is 12.5 Å². The van der Waals surface area contributed by atoms with E-state index in [1.165, 1.54) is 23.5 Å². The smallest absolute Gasteiger partial charge is 1.00 e. The van der Waals surface area contributed by atoms with Gasteiger partial charge < -0.3 is 16.7 Å². The molecule has 0 fully saturated rings. The van der Waals surface area contributed by atoms with Crippen molar-refractivity contribution in [3.8, 4) is 0 Å². The van der Waals surface area contributed by atoms with Gasteiger partial charge in [0, 0.05) is 23.5 Å². The van der Waals surface area contributed by atoms with Crippen LogP contribution in [0.4, 0.5) is 11.6 Å². The number of anilines is 2. The fraction of sp³-hybridized carbons (Fsp3) is 0.115. The zero-order chi connectivity index (χ0) is 26.2. The summed E-state index contributed by atoms with van der Waals surface area (Å²) in [5, 5.41) is 14.3. The molecular formula is C26H22Cl2N5NaO3S. The normalized spacial score (nSPS) is 11.5. The zero-order valence-corrected chi connectivity index (χ0v) is 24.6. The summed E-state index contributed by atoms with van der Waals surface area (Å²) in [6.45, 7) is 0.512. The number of nitrogens with zero attached hydrogens (tertiary/aromatic N) is 4. The van der Waals surface area contributed by atoms with Gasteiger partial charge in [-0.15, -0.1) is 11.3 Å². The third-order valence-corrected chi connectivity index (χ3v) is 6.54. The first-order chi connectivity index (χ1) is 17.9. The quantitative estimate of drug-likeness (QED) is 0.279. The number of benzene rings is 2. The van der Waals surface area contributed by atoms with E-state index in [1.54, 1.807) is 42.2 Å². The first kappa shape index (κ1) is 29.8. The zero-order valence-electron chi connectivity index (χ0n) is 21.3. The number of thiazole rings is 1. The molecule has 0 spiro atoms. The minimum Gasteiger partial charge on any atom is -1.00 e. The number of carbonyl (C=O) groups is 2. The van der Waals surface area contributed by atoms with Crippen LogP contribution in [0.2, 0.25) is 10.0 Å².